The standard InChI is InChI=1S/C12H12N2O4/c1-14-6-10(12(16)17)13-11(14)7-18-9-4-2-8(15)3-5-9/h2-6,15H,7H2,1H3,(H,16,17). The van der Waals surface area contributed by atoms with Gasteiger partial charge in [0.1, 0.15) is 23.9 Å². The molecule has 2 N–H and O–H groups in total. The zero-order valence-corrected chi connectivity index (χ0v) is 9.70. The van der Waals surface area contributed by atoms with Crippen molar-refractivity contribution < 1.29 is 19.7 Å². The molecule has 2 aromatic rings. The summed E-state index contributed by atoms with van der Waals surface area (Å²) in [5, 5.41) is 17.9. The fraction of sp³-hybridized carbons (Fsp3) is 0.167. The highest BCUT2D eigenvalue weighted by atomic mass is 16.5. The number of hydrogen-bond donors (Lipinski definition) is 2. The van der Waals surface area contributed by atoms with Gasteiger partial charge in [-0.05, 0) is 24.3 Å². The molecule has 1 aromatic heterocycles. The molecule has 0 fully saturated rings. The molecule has 0 atom stereocenters. The van der Waals surface area contributed by atoms with Gasteiger partial charge in [0, 0.05) is 13.2 Å². The summed E-state index contributed by atoms with van der Waals surface area (Å²) in [5.41, 5.74) is -0.0122. The number of hydrogen-bond acceptors (Lipinski definition) is 4. The Morgan fingerprint density at radius 3 is 2.61 bits per heavy atom. The maximum absolute atomic E-state index is 10.7. The van der Waals surface area contributed by atoms with Gasteiger partial charge in [0.05, 0.1) is 0 Å². The molecule has 0 saturated carbocycles. The molecular formula is C12H12N2O4. The molecule has 0 aliphatic carbocycles. The number of aryl methyl sites for hydroxylation is 1. The van der Waals surface area contributed by atoms with E-state index in [0.717, 1.165) is 0 Å². The van der Waals surface area contributed by atoms with Crippen LogP contribution in [-0.2, 0) is 13.7 Å². The van der Waals surface area contributed by atoms with Gasteiger partial charge in [0.2, 0.25) is 0 Å². The average Bonchev–Trinajstić information content (AvgIpc) is 2.70. The van der Waals surface area contributed by atoms with Crippen LogP contribution in [0.5, 0.6) is 11.5 Å². The van der Waals surface area contributed by atoms with Crippen LogP contribution in [-0.4, -0.2) is 25.7 Å². The summed E-state index contributed by atoms with van der Waals surface area (Å²) >= 11 is 0. The number of rotatable bonds is 4. The number of aromatic carboxylic acids is 1. The third-order valence-corrected chi connectivity index (χ3v) is 2.40. The predicted octanol–water partition coefficient (Wildman–Crippen LogP) is 1.40. The summed E-state index contributed by atoms with van der Waals surface area (Å²) in [5.74, 6) is 0.183. The molecule has 0 spiro atoms. The van der Waals surface area contributed by atoms with E-state index in [0.29, 0.717) is 11.6 Å². The Morgan fingerprint density at radius 1 is 1.39 bits per heavy atom. The maximum atomic E-state index is 10.7. The van der Waals surface area contributed by atoms with Crippen molar-refractivity contribution in [3.05, 3.63) is 42.0 Å². The van der Waals surface area contributed by atoms with Gasteiger partial charge in [-0.3, -0.25) is 0 Å². The van der Waals surface area contributed by atoms with Crippen LogP contribution < -0.4 is 4.74 Å². The van der Waals surface area contributed by atoms with Crippen molar-refractivity contribution >= 4 is 5.97 Å². The third-order valence-electron chi connectivity index (χ3n) is 2.40. The molecule has 6 heteroatoms. The van der Waals surface area contributed by atoms with Gasteiger partial charge in [-0.2, -0.15) is 0 Å². The van der Waals surface area contributed by atoms with Crippen LogP contribution in [0.25, 0.3) is 0 Å². The quantitative estimate of drug-likeness (QED) is 0.854. The number of phenols is 1. The topological polar surface area (TPSA) is 84.6 Å². The number of carboxylic acids is 1. The van der Waals surface area contributed by atoms with Crippen LogP contribution in [0.2, 0.25) is 0 Å². The second-order valence-electron chi connectivity index (χ2n) is 3.74. The summed E-state index contributed by atoms with van der Waals surface area (Å²) in [6.07, 6.45) is 1.43. The number of phenolic OH excluding ortho intramolecular Hbond substituents is 1. The Balaban J connectivity index is 2.06. The smallest absolute Gasteiger partial charge is 0.356 e. The molecule has 1 aromatic carbocycles. The van der Waals surface area contributed by atoms with Gasteiger partial charge < -0.3 is 19.5 Å². The molecule has 0 saturated heterocycles. The highest BCUT2D eigenvalue weighted by Gasteiger charge is 2.11. The molecule has 0 radical (unpaired) electrons. The van der Waals surface area contributed by atoms with Gasteiger partial charge >= 0.3 is 5.97 Å². The Morgan fingerprint density at radius 2 is 2.06 bits per heavy atom. The lowest BCUT2D eigenvalue weighted by Crippen LogP contribution is -2.03. The van der Waals surface area contributed by atoms with E-state index in [1.165, 1.54) is 18.3 Å². The van der Waals surface area contributed by atoms with E-state index in [1.807, 2.05) is 0 Å². The van der Waals surface area contributed by atoms with Crippen LogP contribution in [0.3, 0.4) is 0 Å². The van der Waals surface area contributed by atoms with Gasteiger partial charge in [-0.1, -0.05) is 0 Å². The normalized spacial score (nSPS) is 10.3. The number of carboxylic acid groups (broad SMARTS) is 1. The van der Waals surface area contributed by atoms with E-state index in [-0.39, 0.29) is 18.1 Å². The second-order valence-corrected chi connectivity index (χ2v) is 3.74. The average molecular weight is 248 g/mol. The van der Waals surface area contributed by atoms with Crippen LogP contribution in [0.4, 0.5) is 0 Å². The highest BCUT2D eigenvalue weighted by Crippen LogP contribution is 2.17. The van der Waals surface area contributed by atoms with Crippen molar-refractivity contribution in [1.29, 1.82) is 0 Å². The van der Waals surface area contributed by atoms with Crippen LogP contribution in [0, 0.1) is 0 Å². The molecule has 2 rings (SSSR count). The number of nitrogens with zero attached hydrogens (tertiary/aromatic N) is 2. The van der Waals surface area contributed by atoms with E-state index in [4.69, 9.17) is 14.9 Å². The minimum Gasteiger partial charge on any atom is -0.508 e. The molecule has 0 unspecified atom stereocenters. The number of aromatic nitrogens is 2. The molecule has 18 heavy (non-hydrogen) atoms. The number of imidazole rings is 1. The van der Waals surface area contributed by atoms with Crippen LogP contribution in [0.15, 0.2) is 30.5 Å². The second kappa shape index (κ2) is 4.79. The first kappa shape index (κ1) is 12.0. The van der Waals surface area contributed by atoms with Gasteiger partial charge in [-0.25, -0.2) is 9.78 Å². The number of carbonyl (C=O) groups is 1. The zero-order valence-electron chi connectivity index (χ0n) is 9.70. The van der Waals surface area contributed by atoms with E-state index < -0.39 is 5.97 Å². The van der Waals surface area contributed by atoms with Crippen LogP contribution in [0.1, 0.15) is 16.3 Å². The molecule has 6 nitrogen and oxygen atoms in total. The lowest BCUT2D eigenvalue weighted by molar-refractivity contribution is 0.0690. The molecule has 0 aliphatic heterocycles. The minimum absolute atomic E-state index is 0.0122. The van der Waals surface area contributed by atoms with E-state index in [2.05, 4.69) is 4.98 Å². The van der Waals surface area contributed by atoms with Gasteiger partial charge in [0.25, 0.3) is 0 Å². The number of benzene rings is 1. The molecule has 0 amide bonds. The largest absolute Gasteiger partial charge is 0.508 e. The molecule has 94 valence electrons. The Kier molecular flexibility index (Phi) is 3.18. The lowest BCUT2D eigenvalue weighted by atomic mass is 10.3. The molecule has 0 bridgehead atoms. The lowest BCUT2D eigenvalue weighted by Gasteiger charge is -2.05. The number of aromatic hydroxyl groups is 1. The van der Waals surface area contributed by atoms with Crippen molar-refractivity contribution in [1.82, 2.24) is 9.55 Å². The fourth-order valence-electron chi connectivity index (χ4n) is 1.43. The van der Waals surface area contributed by atoms with Crippen molar-refractivity contribution in [2.75, 3.05) is 0 Å². The van der Waals surface area contributed by atoms with E-state index in [1.54, 1.807) is 23.7 Å². The minimum atomic E-state index is -1.07. The maximum Gasteiger partial charge on any atom is 0.356 e. The summed E-state index contributed by atoms with van der Waals surface area (Å²) < 4.78 is 7.03. The highest BCUT2D eigenvalue weighted by molar-refractivity contribution is 5.85. The summed E-state index contributed by atoms with van der Waals surface area (Å²) in [7, 11) is 1.70. The summed E-state index contributed by atoms with van der Waals surface area (Å²) in [4.78, 5) is 14.7. The summed E-state index contributed by atoms with van der Waals surface area (Å²) in [6, 6.07) is 6.26. The van der Waals surface area contributed by atoms with Crippen molar-refractivity contribution in [2.45, 2.75) is 6.61 Å². The van der Waals surface area contributed by atoms with Crippen LogP contribution >= 0.6 is 0 Å². The van der Waals surface area contributed by atoms with E-state index in [9.17, 15) is 4.79 Å². The fourth-order valence-corrected chi connectivity index (χ4v) is 1.43. The number of ether oxygens (including phenoxy) is 1. The third kappa shape index (κ3) is 2.60. The predicted molar refractivity (Wildman–Crippen MR) is 62.6 cm³/mol. The first-order chi connectivity index (χ1) is 8.56. The van der Waals surface area contributed by atoms with Gasteiger partial charge in [-0.15, -0.1) is 0 Å². The Hall–Kier alpha value is -2.50. The zero-order chi connectivity index (χ0) is 13.1. The monoisotopic (exact) mass is 248 g/mol. The van der Waals surface area contributed by atoms with Crippen molar-refractivity contribution in [2.24, 2.45) is 7.05 Å². The molecular weight excluding hydrogens is 236 g/mol. The van der Waals surface area contributed by atoms with Crippen molar-refractivity contribution in [3.8, 4) is 11.5 Å². The molecule has 0 aliphatic rings. The van der Waals surface area contributed by atoms with Gasteiger partial charge in [0.15, 0.2) is 5.69 Å². The first-order valence-corrected chi connectivity index (χ1v) is 5.23. The summed E-state index contributed by atoms with van der Waals surface area (Å²) in [6.45, 7) is 0.161. The van der Waals surface area contributed by atoms with E-state index >= 15 is 0 Å². The SMILES string of the molecule is Cn1cc(C(=O)O)nc1COc1ccc(O)cc1. The van der Waals surface area contributed by atoms with Crippen molar-refractivity contribution in [3.63, 3.8) is 0 Å². The molecule has 1 heterocycles. The Labute approximate surface area is 103 Å². The Bertz CT molecular complexity index is 560. The first-order valence-electron chi connectivity index (χ1n) is 5.23.